The van der Waals surface area contributed by atoms with Crippen LogP contribution in [0.1, 0.15) is 19.3 Å². The zero-order valence-electron chi connectivity index (χ0n) is 8.60. The van der Waals surface area contributed by atoms with Gasteiger partial charge >= 0.3 is 0 Å². The molecular weight excluding hydrogens is 176 g/mol. The summed E-state index contributed by atoms with van der Waals surface area (Å²) in [6, 6.07) is 0.0623. The van der Waals surface area contributed by atoms with E-state index in [0.29, 0.717) is 0 Å². The number of aliphatic hydroxyl groups is 1. The Balaban J connectivity index is 2.21. The molecule has 0 aromatic heterocycles. The molecule has 0 radical (unpaired) electrons. The zero-order valence-corrected chi connectivity index (χ0v) is 8.60. The van der Waals surface area contributed by atoms with E-state index >= 15 is 0 Å². The molecule has 80 valence electrons. The standard InChI is InChI=1S/C11H20N2O/c1-2-5-10(12)6-3-8-13-9-4-7-11(13)14/h2-3,6,10-11,14H,1,4-5,7-9,12H2/b6-3-. The first-order valence-corrected chi connectivity index (χ1v) is 5.19. The molecule has 0 bridgehead atoms. The number of nitrogens with zero attached hydrogens (tertiary/aromatic N) is 1. The first-order valence-electron chi connectivity index (χ1n) is 5.19. The van der Waals surface area contributed by atoms with Crippen LogP contribution in [0.25, 0.3) is 0 Å². The van der Waals surface area contributed by atoms with Gasteiger partial charge < -0.3 is 10.8 Å². The van der Waals surface area contributed by atoms with Gasteiger partial charge in [0.05, 0.1) is 0 Å². The second-order valence-electron chi connectivity index (χ2n) is 3.73. The number of rotatable bonds is 5. The average Bonchev–Trinajstić information content (AvgIpc) is 2.52. The molecule has 3 N–H and O–H groups in total. The van der Waals surface area contributed by atoms with E-state index < -0.39 is 0 Å². The van der Waals surface area contributed by atoms with Crippen molar-refractivity contribution in [2.24, 2.45) is 5.73 Å². The Hall–Kier alpha value is -0.640. The molecule has 1 aliphatic heterocycles. The highest BCUT2D eigenvalue weighted by Gasteiger charge is 2.19. The topological polar surface area (TPSA) is 49.5 Å². The van der Waals surface area contributed by atoms with E-state index in [1.54, 1.807) is 0 Å². The second kappa shape index (κ2) is 5.96. The van der Waals surface area contributed by atoms with E-state index in [4.69, 9.17) is 5.73 Å². The first kappa shape index (κ1) is 11.4. The maximum atomic E-state index is 9.50. The fourth-order valence-electron chi connectivity index (χ4n) is 1.66. The number of likely N-dealkylation sites (tertiary alicyclic amines) is 1. The number of hydrogen-bond acceptors (Lipinski definition) is 3. The largest absolute Gasteiger partial charge is 0.378 e. The van der Waals surface area contributed by atoms with Crippen molar-refractivity contribution in [3.05, 3.63) is 24.8 Å². The third-order valence-electron chi connectivity index (χ3n) is 2.49. The monoisotopic (exact) mass is 196 g/mol. The van der Waals surface area contributed by atoms with E-state index in [2.05, 4.69) is 11.5 Å². The van der Waals surface area contributed by atoms with Crippen molar-refractivity contribution < 1.29 is 5.11 Å². The lowest BCUT2D eigenvalue weighted by molar-refractivity contribution is 0.0466. The van der Waals surface area contributed by atoms with Crippen LogP contribution < -0.4 is 5.73 Å². The van der Waals surface area contributed by atoms with Gasteiger partial charge in [-0.1, -0.05) is 18.2 Å². The minimum atomic E-state index is -0.254. The Morgan fingerprint density at radius 2 is 2.43 bits per heavy atom. The molecule has 2 atom stereocenters. The highest BCUT2D eigenvalue weighted by atomic mass is 16.3. The number of aliphatic hydroxyl groups excluding tert-OH is 1. The molecule has 0 aliphatic carbocycles. The fourth-order valence-corrected chi connectivity index (χ4v) is 1.66. The summed E-state index contributed by atoms with van der Waals surface area (Å²) >= 11 is 0. The third kappa shape index (κ3) is 3.62. The summed E-state index contributed by atoms with van der Waals surface area (Å²) in [5, 5.41) is 9.50. The van der Waals surface area contributed by atoms with Crippen LogP contribution in [0, 0.1) is 0 Å². The van der Waals surface area contributed by atoms with Crippen LogP contribution in [-0.2, 0) is 0 Å². The van der Waals surface area contributed by atoms with Crippen molar-refractivity contribution in [3.8, 4) is 0 Å². The molecule has 0 saturated carbocycles. The SMILES string of the molecule is C=CCC(N)/C=C\CN1CCCC1O. The summed E-state index contributed by atoms with van der Waals surface area (Å²) in [4.78, 5) is 2.05. The van der Waals surface area contributed by atoms with Gasteiger partial charge in [0, 0.05) is 19.1 Å². The summed E-state index contributed by atoms with van der Waals surface area (Å²) in [5.41, 5.74) is 5.76. The molecular formula is C11H20N2O. The van der Waals surface area contributed by atoms with Crippen molar-refractivity contribution in [2.75, 3.05) is 13.1 Å². The number of hydrogen-bond donors (Lipinski definition) is 2. The van der Waals surface area contributed by atoms with E-state index in [9.17, 15) is 5.11 Å². The molecule has 2 unspecified atom stereocenters. The summed E-state index contributed by atoms with van der Waals surface area (Å²) in [6.07, 6.45) is 8.37. The van der Waals surface area contributed by atoms with E-state index in [0.717, 1.165) is 32.4 Å². The van der Waals surface area contributed by atoms with Crippen molar-refractivity contribution in [2.45, 2.75) is 31.5 Å². The van der Waals surface area contributed by atoms with Gasteiger partial charge in [0.2, 0.25) is 0 Å². The Labute approximate surface area is 85.9 Å². The number of nitrogens with two attached hydrogens (primary N) is 1. The maximum Gasteiger partial charge on any atom is 0.107 e. The fraction of sp³-hybridized carbons (Fsp3) is 0.636. The van der Waals surface area contributed by atoms with Gasteiger partial charge in [-0.15, -0.1) is 6.58 Å². The van der Waals surface area contributed by atoms with Crippen LogP contribution in [-0.4, -0.2) is 35.4 Å². The molecule has 1 heterocycles. The lowest BCUT2D eigenvalue weighted by atomic mass is 10.2. The maximum absolute atomic E-state index is 9.50. The predicted octanol–water partition coefficient (Wildman–Crippen LogP) is 0.860. The second-order valence-corrected chi connectivity index (χ2v) is 3.73. The lowest BCUT2D eigenvalue weighted by Crippen LogP contribution is -2.29. The van der Waals surface area contributed by atoms with Crippen molar-refractivity contribution in [1.29, 1.82) is 0 Å². The Bertz CT molecular complexity index is 203. The minimum absolute atomic E-state index is 0.0623. The van der Waals surface area contributed by atoms with Crippen LogP contribution >= 0.6 is 0 Å². The van der Waals surface area contributed by atoms with Gasteiger partial charge in [-0.2, -0.15) is 0 Å². The zero-order chi connectivity index (χ0) is 10.4. The van der Waals surface area contributed by atoms with Crippen LogP contribution in [0.3, 0.4) is 0 Å². The molecule has 0 aromatic carbocycles. The third-order valence-corrected chi connectivity index (χ3v) is 2.49. The Morgan fingerprint density at radius 1 is 1.64 bits per heavy atom. The smallest absolute Gasteiger partial charge is 0.107 e. The van der Waals surface area contributed by atoms with E-state index in [-0.39, 0.29) is 12.3 Å². The van der Waals surface area contributed by atoms with Crippen molar-refractivity contribution in [3.63, 3.8) is 0 Å². The molecule has 1 rings (SSSR count). The summed E-state index contributed by atoms with van der Waals surface area (Å²) in [5.74, 6) is 0. The quantitative estimate of drug-likeness (QED) is 0.641. The molecule has 0 amide bonds. The van der Waals surface area contributed by atoms with Crippen molar-refractivity contribution >= 4 is 0 Å². The van der Waals surface area contributed by atoms with Gasteiger partial charge in [-0.25, -0.2) is 0 Å². The summed E-state index contributed by atoms with van der Waals surface area (Å²) in [6.45, 7) is 5.42. The molecule has 0 spiro atoms. The highest BCUT2D eigenvalue weighted by Crippen LogP contribution is 2.13. The normalized spacial score (nSPS) is 25.7. The van der Waals surface area contributed by atoms with Crippen LogP contribution in [0.5, 0.6) is 0 Å². The predicted molar refractivity (Wildman–Crippen MR) is 58.7 cm³/mol. The molecule has 1 fully saturated rings. The Kier molecular flexibility index (Phi) is 4.87. The van der Waals surface area contributed by atoms with Crippen molar-refractivity contribution in [1.82, 2.24) is 4.90 Å². The minimum Gasteiger partial charge on any atom is -0.378 e. The summed E-state index contributed by atoms with van der Waals surface area (Å²) < 4.78 is 0. The van der Waals surface area contributed by atoms with E-state index in [1.165, 1.54) is 0 Å². The first-order chi connectivity index (χ1) is 6.74. The highest BCUT2D eigenvalue weighted by molar-refractivity contribution is 4.96. The lowest BCUT2D eigenvalue weighted by Gasteiger charge is -2.17. The molecule has 3 heteroatoms. The molecule has 3 nitrogen and oxygen atoms in total. The van der Waals surface area contributed by atoms with Gasteiger partial charge in [-0.05, 0) is 19.3 Å². The average molecular weight is 196 g/mol. The van der Waals surface area contributed by atoms with E-state index in [1.807, 2.05) is 18.2 Å². The van der Waals surface area contributed by atoms with Crippen LogP contribution in [0.2, 0.25) is 0 Å². The molecule has 0 aromatic rings. The molecule has 14 heavy (non-hydrogen) atoms. The Morgan fingerprint density at radius 3 is 3.00 bits per heavy atom. The van der Waals surface area contributed by atoms with Gasteiger partial charge in [0.15, 0.2) is 0 Å². The van der Waals surface area contributed by atoms with Crippen LogP contribution in [0.15, 0.2) is 24.8 Å². The van der Waals surface area contributed by atoms with Crippen LogP contribution in [0.4, 0.5) is 0 Å². The summed E-state index contributed by atoms with van der Waals surface area (Å²) in [7, 11) is 0. The molecule has 1 aliphatic rings. The van der Waals surface area contributed by atoms with Gasteiger partial charge in [-0.3, -0.25) is 4.90 Å². The molecule has 1 saturated heterocycles. The van der Waals surface area contributed by atoms with Gasteiger partial charge in [0.1, 0.15) is 6.23 Å². The van der Waals surface area contributed by atoms with Gasteiger partial charge in [0.25, 0.3) is 0 Å².